The van der Waals surface area contributed by atoms with Crippen LogP contribution in [0.4, 0.5) is 0 Å². The average molecular weight is 196 g/mol. The van der Waals surface area contributed by atoms with Crippen LogP contribution in [0.3, 0.4) is 0 Å². The standard InChI is InChI=1S/C10H16N2O2/c1-2-3-4-10(13)12-5-6-14-9(7-11)8-12/h1,9H,3-8,11H2. The monoisotopic (exact) mass is 196 g/mol. The van der Waals surface area contributed by atoms with Crippen molar-refractivity contribution < 1.29 is 9.53 Å². The van der Waals surface area contributed by atoms with Crippen LogP contribution in [0.1, 0.15) is 12.8 Å². The van der Waals surface area contributed by atoms with Gasteiger partial charge in [-0.05, 0) is 0 Å². The molecule has 0 radical (unpaired) electrons. The van der Waals surface area contributed by atoms with Gasteiger partial charge in [0.15, 0.2) is 0 Å². The lowest BCUT2D eigenvalue weighted by atomic mass is 10.2. The Balaban J connectivity index is 2.36. The van der Waals surface area contributed by atoms with Crippen LogP contribution in [-0.4, -0.2) is 43.2 Å². The molecular weight excluding hydrogens is 180 g/mol. The topological polar surface area (TPSA) is 55.6 Å². The highest BCUT2D eigenvalue weighted by Gasteiger charge is 2.22. The molecule has 14 heavy (non-hydrogen) atoms. The minimum atomic E-state index is -0.0152. The SMILES string of the molecule is C#CCCC(=O)N1CCOC(CN)C1. The van der Waals surface area contributed by atoms with Crippen LogP contribution in [0.5, 0.6) is 0 Å². The maximum atomic E-state index is 11.6. The van der Waals surface area contributed by atoms with Gasteiger partial charge in [-0.2, -0.15) is 0 Å². The summed E-state index contributed by atoms with van der Waals surface area (Å²) in [7, 11) is 0. The fraction of sp³-hybridized carbons (Fsp3) is 0.700. The molecular formula is C10H16N2O2. The van der Waals surface area contributed by atoms with Crippen LogP contribution >= 0.6 is 0 Å². The predicted octanol–water partition coefficient (Wildman–Crippen LogP) is -0.414. The van der Waals surface area contributed by atoms with Crippen LogP contribution in [0, 0.1) is 12.3 Å². The van der Waals surface area contributed by atoms with E-state index in [1.807, 2.05) is 0 Å². The molecule has 2 N–H and O–H groups in total. The summed E-state index contributed by atoms with van der Waals surface area (Å²) < 4.78 is 5.35. The number of hydrogen-bond acceptors (Lipinski definition) is 3. The van der Waals surface area contributed by atoms with E-state index in [1.54, 1.807) is 4.90 Å². The summed E-state index contributed by atoms with van der Waals surface area (Å²) in [5, 5.41) is 0. The Hall–Kier alpha value is -1.05. The van der Waals surface area contributed by atoms with Crippen molar-refractivity contribution in [3.8, 4) is 12.3 Å². The first-order valence-corrected chi connectivity index (χ1v) is 4.81. The van der Waals surface area contributed by atoms with E-state index in [0.717, 1.165) is 0 Å². The molecule has 0 saturated carbocycles. The van der Waals surface area contributed by atoms with Crippen LogP contribution < -0.4 is 5.73 Å². The molecule has 1 amide bonds. The third-order valence-electron chi connectivity index (χ3n) is 2.24. The van der Waals surface area contributed by atoms with Crippen molar-refractivity contribution >= 4 is 5.91 Å². The Bertz CT molecular complexity index is 235. The molecule has 0 bridgehead atoms. The Labute approximate surface area is 84.4 Å². The summed E-state index contributed by atoms with van der Waals surface area (Å²) in [4.78, 5) is 13.3. The molecule has 1 atom stereocenters. The number of rotatable bonds is 3. The largest absolute Gasteiger partial charge is 0.373 e. The van der Waals surface area contributed by atoms with E-state index in [-0.39, 0.29) is 12.0 Å². The van der Waals surface area contributed by atoms with E-state index < -0.39 is 0 Å². The maximum absolute atomic E-state index is 11.6. The van der Waals surface area contributed by atoms with Crippen LogP contribution in [0.2, 0.25) is 0 Å². The Morgan fingerprint density at radius 1 is 1.71 bits per heavy atom. The summed E-state index contributed by atoms with van der Waals surface area (Å²) >= 11 is 0. The number of amides is 1. The lowest BCUT2D eigenvalue weighted by Gasteiger charge is -2.32. The van der Waals surface area contributed by atoms with Gasteiger partial charge < -0.3 is 15.4 Å². The lowest BCUT2D eigenvalue weighted by molar-refractivity contribution is -0.138. The van der Waals surface area contributed by atoms with Gasteiger partial charge in [-0.15, -0.1) is 12.3 Å². The van der Waals surface area contributed by atoms with Gasteiger partial charge in [0.2, 0.25) is 5.91 Å². The third kappa shape index (κ3) is 3.02. The molecule has 4 nitrogen and oxygen atoms in total. The second kappa shape index (κ2) is 5.63. The molecule has 1 unspecified atom stereocenters. The van der Waals surface area contributed by atoms with E-state index in [1.165, 1.54) is 0 Å². The summed E-state index contributed by atoms with van der Waals surface area (Å²) in [5.74, 6) is 2.56. The number of hydrogen-bond donors (Lipinski definition) is 1. The van der Waals surface area contributed by atoms with Gasteiger partial charge in [-0.25, -0.2) is 0 Å². The number of carbonyl (C=O) groups excluding carboxylic acids is 1. The molecule has 0 aromatic carbocycles. The van der Waals surface area contributed by atoms with Gasteiger partial charge in [0.25, 0.3) is 0 Å². The molecule has 1 aliphatic rings. The zero-order valence-corrected chi connectivity index (χ0v) is 8.24. The first-order chi connectivity index (χ1) is 6.77. The van der Waals surface area contributed by atoms with Gasteiger partial charge in [0, 0.05) is 32.5 Å². The molecule has 0 aromatic heterocycles. The second-order valence-corrected chi connectivity index (χ2v) is 3.27. The quantitative estimate of drug-likeness (QED) is 0.624. The highest BCUT2D eigenvalue weighted by molar-refractivity contribution is 5.76. The van der Waals surface area contributed by atoms with Gasteiger partial charge in [-0.3, -0.25) is 4.79 Å². The predicted molar refractivity (Wildman–Crippen MR) is 53.4 cm³/mol. The molecule has 4 heteroatoms. The van der Waals surface area contributed by atoms with Gasteiger partial charge in [0.05, 0.1) is 12.7 Å². The number of nitrogens with two attached hydrogens (primary N) is 1. The van der Waals surface area contributed by atoms with E-state index in [0.29, 0.717) is 39.1 Å². The lowest BCUT2D eigenvalue weighted by Crippen LogP contribution is -2.48. The third-order valence-corrected chi connectivity index (χ3v) is 2.24. The Kier molecular flexibility index (Phi) is 4.44. The average Bonchev–Trinajstić information content (AvgIpc) is 2.26. The van der Waals surface area contributed by atoms with Crippen molar-refractivity contribution in [2.75, 3.05) is 26.2 Å². The van der Waals surface area contributed by atoms with E-state index in [2.05, 4.69) is 5.92 Å². The van der Waals surface area contributed by atoms with Crippen molar-refractivity contribution in [3.05, 3.63) is 0 Å². The normalized spacial score (nSPS) is 21.7. The van der Waals surface area contributed by atoms with E-state index >= 15 is 0 Å². The fourth-order valence-corrected chi connectivity index (χ4v) is 1.43. The number of ether oxygens (including phenoxy) is 1. The molecule has 1 rings (SSSR count). The number of nitrogens with zero attached hydrogens (tertiary/aromatic N) is 1. The second-order valence-electron chi connectivity index (χ2n) is 3.27. The zero-order valence-electron chi connectivity index (χ0n) is 8.24. The van der Waals surface area contributed by atoms with Crippen LogP contribution in [0.25, 0.3) is 0 Å². The smallest absolute Gasteiger partial charge is 0.223 e. The summed E-state index contributed by atoms with van der Waals surface area (Å²) in [5.41, 5.74) is 5.47. The maximum Gasteiger partial charge on any atom is 0.223 e. The van der Waals surface area contributed by atoms with Crippen molar-refractivity contribution in [2.45, 2.75) is 18.9 Å². The van der Waals surface area contributed by atoms with E-state index in [9.17, 15) is 4.79 Å². The van der Waals surface area contributed by atoms with Crippen LogP contribution in [-0.2, 0) is 9.53 Å². The highest BCUT2D eigenvalue weighted by atomic mass is 16.5. The van der Waals surface area contributed by atoms with Gasteiger partial charge >= 0.3 is 0 Å². The molecule has 1 heterocycles. The minimum absolute atomic E-state index is 0.0152. The highest BCUT2D eigenvalue weighted by Crippen LogP contribution is 2.06. The Morgan fingerprint density at radius 3 is 3.14 bits per heavy atom. The van der Waals surface area contributed by atoms with Crippen molar-refractivity contribution in [1.82, 2.24) is 4.90 Å². The van der Waals surface area contributed by atoms with Crippen LogP contribution in [0.15, 0.2) is 0 Å². The molecule has 1 aliphatic heterocycles. The van der Waals surface area contributed by atoms with Gasteiger partial charge in [0.1, 0.15) is 0 Å². The summed E-state index contributed by atoms with van der Waals surface area (Å²) in [6.07, 6.45) is 6.01. The number of terminal acetylenes is 1. The number of carbonyl (C=O) groups is 1. The number of morpholine rings is 1. The zero-order chi connectivity index (χ0) is 10.4. The molecule has 1 saturated heterocycles. The van der Waals surface area contributed by atoms with Crippen molar-refractivity contribution in [1.29, 1.82) is 0 Å². The molecule has 0 aliphatic carbocycles. The van der Waals surface area contributed by atoms with Gasteiger partial charge in [-0.1, -0.05) is 0 Å². The van der Waals surface area contributed by atoms with Crippen molar-refractivity contribution in [2.24, 2.45) is 5.73 Å². The first-order valence-electron chi connectivity index (χ1n) is 4.81. The summed E-state index contributed by atoms with van der Waals surface area (Å²) in [6, 6.07) is 0. The summed E-state index contributed by atoms with van der Waals surface area (Å²) in [6.45, 7) is 2.28. The molecule has 1 fully saturated rings. The molecule has 0 spiro atoms. The first kappa shape index (κ1) is 11.0. The Morgan fingerprint density at radius 2 is 2.50 bits per heavy atom. The molecule has 78 valence electrons. The van der Waals surface area contributed by atoms with E-state index in [4.69, 9.17) is 16.9 Å². The molecule has 0 aromatic rings. The fourth-order valence-electron chi connectivity index (χ4n) is 1.43. The minimum Gasteiger partial charge on any atom is -0.373 e. The van der Waals surface area contributed by atoms with Crippen molar-refractivity contribution in [3.63, 3.8) is 0 Å².